The van der Waals surface area contributed by atoms with Gasteiger partial charge in [0.25, 0.3) is 0 Å². The molecule has 3 aromatic rings. The maximum atomic E-state index is 12.3. The van der Waals surface area contributed by atoms with Gasteiger partial charge in [-0.3, -0.25) is 4.68 Å². The summed E-state index contributed by atoms with van der Waals surface area (Å²) >= 11 is 0. The molecule has 7 heteroatoms. The van der Waals surface area contributed by atoms with Gasteiger partial charge in [0.1, 0.15) is 0 Å². The molecule has 7 nitrogen and oxygen atoms in total. The minimum atomic E-state index is -0.586. The van der Waals surface area contributed by atoms with Crippen molar-refractivity contribution < 1.29 is 9.63 Å². The summed E-state index contributed by atoms with van der Waals surface area (Å²) in [5, 5.41) is 7.90. The van der Waals surface area contributed by atoms with Crippen molar-refractivity contribution in [3.05, 3.63) is 83.2 Å². The molecule has 0 fully saturated rings. The van der Waals surface area contributed by atoms with Crippen LogP contribution in [0.4, 0.5) is 5.69 Å². The molecule has 0 atom stereocenters. The summed E-state index contributed by atoms with van der Waals surface area (Å²) < 4.78 is 1.77. The summed E-state index contributed by atoms with van der Waals surface area (Å²) in [4.78, 5) is 17.2. The zero-order valence-electron chi connectivity index (χ0n) is 14.3. The number of anilines is 1. The lowest BCUT2D eigenvalue weighted by Gasteiger charge is -2.07. The smallest absolute Gasteiger partial charge is 0.365 e. The molecule has 1 heterocycles. The molecule has 0 aliphatic rings. The number of amidine groups is 1. The Kier molecular flexibility index (Phi) is 4.98. The third-order valence-corrected chi connectivity index (χ3v) is 3.94. The highest BCUT2D eigenvalue weighted by Crippen LogP contribution is 2.15. The molecule has 0 radical (unpaired) electrons. The van der Waals surface area contributed by atoms with E-state index in [0.29, 0.717) is 23.4 Å². The van der Waals surface area contributed by atoms with Gasteiger partial charge in [0.2, 0.25) is 0 Å². The van der Waals surface area contributed by atoms with Crippen molar-refractivity contribution in [1.29, 1.82) is 0 Å². The predicted molar refractivity (Wildman–Crippen MR) is 99.5 cm³/mol. The number of benzene rings is 2. The summed E-state index contributed by atoms with van der Waals surface area (Å²) in [5.41, 5.74) is 15.1. The maximum Gasteiger partial charge on any atom is 0.365 e. The molecule has 0 aliphatic carbocycles. The van der Waals surface area contributed by atoms with Crippen molar-refractivity contribution in [3.8, 4) is 0 Å². The highest BCUT2D eigenvalue weighted by atomic mass is 16.7. The van der Waals surface area contributed by atoms with Gasteiger partial charge in [-0.05, 0) is 42.3 Å². The average molecular weight is 349 g/mol. The van der Waals surface area contributed by atoms with E-state index in [9.17, 15) is 4.79 Å². The fraction of sp³-hybridized carbons (Fsp3) is 0.105. The molecule has 0 bridgehead atoms. The highest BCUT2D eigenvalue weighted by Gasteiger charge is 2.11. The summed E-state index contributed by atoms with van der Waals surface area (Å²) in [6.07, 6.45) is 3.55. The number of nitrogen functional groups attached to an aromatic ring is 1. The van der Waals surface area contributed by atoms with E-state index >= 15 is 0 Å². The van der Waals surface area contributed by atoms with Gasteiger partial charge >= 0.3 is 5.97 Å². The molecule has 26 heavy (non-hydrogen) atoms. The number of oxime groups is 1. The van der Waals surface area contributed by atoms with E-state index in [1.807, 2.05) is 25.3 Å². The van der Waals surface area contributed by atoms with Gasteiger partial charge in [-0.25, -0.2) is 4.79 Å². The Morgan fingerprint density at radius 3 is 2.81 bits per heavy atom. The molecule has 0 saturated heterocycles. The van der Waals surface area contributed by atoms with E-state index in [0.717, 1.165) is 11.1 Å². The number of nitrogens with zero attached hydrogens (tertiary/aromatic N) is 3. The first-order chi connectivity index (χ1) is 12.5. The Labute approximate surface area is 150 Å². The van der Waals surface area contributed by atoms with Gasteiger partial charge in [-0.15, -0.1) is 0 Å². The second-order valence-corrected chi connectivity index (χ2v) is 5.78. The minimum absolute atomic E-state index is 0.0934. The van der Waals surface area contributed by atoms with Crippen molar-refractivity contribution in [2.45, 2.75) is 13.5 Å². The molecule has 132 valence electrons. The van der Waals surface area contributed by atoms with Gasteiger partial charge in [0, 0.05) is 23.6 Å². The molecular weight excluding hydrogens is 330 g/mol. The second-order valence-electron chi connectivity index (χ2n) is 5.78. The van der Waals surface area contributed by atoms with Crippen LogP contribution in [0.3, 0.4) is 0 Å². The molecule has 1 aromatic heterocycles. The fourth-order valence-corrected chi connectivity index (χ4v) is 2.50. The van der Waals surface area contributed by atoms with Crippen LogP contribution >= 0.6 is 0 Å². The van der Waals surface area contributed by atoms with Crippen LogP contribution in [0.2, 0.25) is 0 Å². The molecule has 0 amide bonds. The van der Waals surface area contributed by atoms with Crippen molar-refractivity contribution in [2.24, 2.45) is 10.9 Å². The lowest BCUT2D eigenvalue weighted by Crippen LogP contribution is -2.17. The summed E-state index contributed by atoms with van der Waals surface area (Å²) in [6, 6.07) is 14.2. The first-order valence-corrected chi connectivity index (χ1v) is 8.01. The van der Waals surface area contributed by atoms with Crippen LogP contribution < -0.4 is 11.5 Å². The Balaban J connectivity index is 1.72. The molecule has 3 rings (SSSR count). The number of hydrogen-bond acceptors (Lipinski definition) is 5. The van der Waals surface area contributed by atoms with Crippen LogP contribution in [0.15, 0.2) is 66.1 Å². The van der Waals surface area contributed by atoms with Crippen LogP contribution in [0, 0.1) is 6.92 Å². The maximum absolute atomic E-state index is 12.3. The summed E-state index contributed by atoms with van der Waals surface area (Å²) in [7, 11) is 0. The van der Waals surface area contributed by atoms with E-state index in [2.05, 4.69) is 10.3 Å². The topological polar surface area (TPSA) is 109 Å². The lowest BCUT2D eigenvalue weighted by atomic mass is 10.1. The van der Waals surface area contributed by atoms with Crippen LogP contribution in [0.5, 0.6) is 0 Å². The number of carbonyl (C=O) groups is 1. The van der Waals surface area contributed by atoms with Crippen molar-refractivity contribution in [1.82, 2.24) is 9.78 Å². The lowest BCUT2D eigenvalue weighted by molar-refractivity contribution is 0.0516. The SMILES string of the molecule is Cc1c(N)cccc1/C(N)=N/OC(=O)c1cccc(Cn2cccn2)c1. The van der Waals surface area contributed by atoms with Gasteiger partial charge < -0.3 is 16.3 Å². The first kappa shape index (κ1) is 17.2. The standard InChI is InChI=1S/C19H19N5O2/c1-13-16(7-3-8-17(13)20)18(21)23-26-19(25)15-6-2-5-14(11-15)12-24-10-4-9-22-24/h2-11H,12,20H2,1H3,(H2,21,23). The van der Waals surface area contributed by atoms with E-state index in [1.165, 1.54) is 0 Å². The van der Waals surface area contributed by atoms with Crippen LogP contribution in [-0.4, -0.2) is 21.6 Å². The zero-order chi connectivity index (χ0) is 18.5. The number of nitrogens with two attached hydrogens (primary N) is 2. The van der Waals surface area contributed by atoms with Crippen LogP contribution in [-0.2, 0) is 11.4 Å². The fourth-order valence-electron chi connectivity index (χ4n) is 2.50. The van der Waals surface area contributed by atoms with Gasteiger partial charge in [-0.1, -0.05) is 29.4 Å². The van der Waals surface area contributed by atoms with Gasteiger partial charge in [0.05, 0.1) is 12.1 Å². The van der Waals surface area contributed by atoms with Crippen molar-refractivity contribution in [3.63, 3.8) is 0 Å². The van der Waals surface area contributed by atoms with Crippen molar-refractivity contribution >= 4 is 17.5 Å². The number of hydrogen-bond donors (Lipinski definition) is 2. The van der Waals surface area contributed by atoms with E-state index in [-0.39, 0.29) is 5.84 Å². The predicted octanol–water partition coefficient (Wildman–Crippen LogP) is 2.30. The van der Waals surface area contributed by atoms with E-state index < -0.39 is 5.97 Å². The third-order valence-electron chi connectivity index (χ3n) is 3.94. The Morgan fingerprint density at radius 1 is 1.23 bits per heavy atom. The Bertz CT molecular complexity index is 948. The summed E-state index contributed by atoms with van der Waals surface area (Å²) in [6.45, 7) is 2.38. The third kappa shape index (κ3) is 3.89. The van der Waals surface area contributed by atoms with Crippen LogP contribution in [0.25, 0.3) is 0 Å². The van der Waals surface area contributed by atoms with Crippen molar-refractivity contribution in [2.75, 3.05) is 5.73 Å². The first-order valence-electron chi connectivity index (χ1n) is 8.01. The highest BCUT2D eigenvalue weighted by molar-refractivity contribution is 6.00. The van der Waals surface area contributed by atoms with E-state index in [1.54, 1.807) is 47.3 Å². The van der Waals surface area contributed by atoms with Gasteiger partial charge in [-0.2, -0.15) is 5.10 Å². The zero-order valence-corrected chi connectivity index (χ0v) is 14.3. The average Bonchev–Trinajstić information content (AvgIpc) is 3.15. The molecule has 0 unspecified atom stereocenters. The molecule has 0 spiro atoms. The monoisotopic (exact) mass is 349 g/mol. The van der Waals surface area contributed by atoms with Gasteiger partial charge in [0.15, 0.2) is 5.84 Å². The number of rotatable bonds is 5. The second kappa shape index (κ2) is 7.52. The number of carbonyl (C=O) groups excluding carboxylic acids is 1. The molecule has 0 aliphatic heterocycles. The van der Waals surface area contributed by atoms with Crippen LogP contribution in [0.1, 0.15) is 27.0 Å². The normalized spacial score (nSPS) is 11.3. The molecule has 2 aromatic carbocycles. The number of aromatic nitrogens is 2. The minimum Gasteiger partial charge on any atom is -0.398 e. The largest absolute Gasteiger partial charge is 0.398 e. The van der Waals surface area contributed by atoms with E-state index in [4.69, 9.17) is 16.3 Å². The quantitative estimate of drug-likeness (QED) is 0.241. The molecule has 4 N–H and O–H groups in total. The summed E-state index contributed by atoms with van der Waals surface area (Å²) in [5.74, 6) is -0.493. The Hall–Kier alpha value is -3.61. The Morgan fingerprint density at radius 2 is 2.04 bits per heavy atom. The molecule has 0 saturated carbocycles. The molecular formula is C19H19N5O2.